The summed E-state index contributed by atoms with van der Waals surface area (Å²) in [5.41, 5.74) is -2.87. The van der Waals surface area contributed by atoms with Gasteiger partial charge in [0, 0.05) is 6.42 Å². The Bertz CT molecular complexity index is 465. The van der Waals surface area contributed by atoms with Crippen molar-refractivity contribution in [3.63, 3.8) is 0 Å². The molecule has 0 aromatic heterocycles. The number of aliphatic carboxylic acids is 1. The zero-order valence-corrected chi connectivity index (χ0v) is 17.4. The summed E-state index contributed by atoms with van der Waals surface area (Å²) in [6, 6.07) is 0. The van der Waals surface area contributed by atoms with Gasteiger partial charge in [0.1, 0.15) is 5.60 Å². The molecule has 0 aliphatic carbocycles. The van der Waals surface area contributed by atoms with Gasteiger partial charge < -0.3 is 19.6 Å². The van der Waals surface area contributed by atoms with Crippen LogP contribution in [0.25, 0.3) is 0 Å². The zero-order valence-electron chi connectivity index (χ0n) is 16.2. The Kier molecular flexibility index (Phi) is 7.70. The molecule has 6 nitrogen and oxygen atoms in total. The molecule has 2 N–H and O–H groups in total. The molecule has 24 heavy (non-hydrogen) atoms. The van der Waals surface area contributed by atoms with Gasteiger partial charge in [0.2, 0.25) is 0 Å². The Hall–Kier alpha value is -1.34. The summed E-state index contributed by atoms with van der Waals surface area (Å²) in [6.45, 7) is 18.4. The highest BCUT2D eigenvalue weighted by atomic mass is 28.3. The van der Waals surface area contributed by atoms with Gasteiger partial charge in [0.25, 0.3) is 0 Å². The molecule has 7 heteroatoms. The normalized spacial score (nSPS) is 16.2. The van der Waals surface area contributed by atoms with Crippen LogP contribution in [0.1, 0.15) is 48.0 Å². The predicted octanol–water partition coefficient (Wildman–Crippen LogP) is 3.33. The Morgan fingerprint density at radius 3 is 2.00 bits per heavy atom. The van der Waals surface area contributed by atoms with Crippen LogP contribution in [0.15, 0.2) is 12.7 Å². The number of hydrogen-bond donors (Lipinski definition) is 2. The molecule has 1 amide bonds. The van der Waals surface area contributed by atoms with Crippen molar-refractivity contribution in [2.75, 3.05) is 0 Å². The lowest BCUT2D eigenvalue weighted by Crippen LogP contribution is -2.66. The Morgan fingerprint density at radius 1 is 1.21 bits per heavy atom. The van der Waals surface area contributed by atoms with Crippen molar-refractivity contribution in [2.45, 2.75) is 78.3 Å². The van der Waals surface area contributed by atoms with Crippen LogP contribution in [0.3, 0.4) is 0 Å². The lowest BCUT2D eigenvalue weighted by atomic mass is 9.74. The third-order valence-corrected chi connectivity index (χ3v) is 4.03. The van der Waals surface area contributed by atoms with E-state index in [0.717, 1.165) is 0 Å². The molecule has 0 bridgehead atoms. The molecule has 2 atom stereocenters. The molecule has 1 unspecified atom stereocenters. The highest BCUT2D eigenvalue weighted by Crippen LogP contribution is 2.35. The van der Waals surface area contributed by atoms with Crippen LogP contribution in [0, 0.1) is 5.41 Å². The highest BCUT2D eigenvalue weighted by molar-refractivity contribution is 6.48. The average molecular weight is 360 g/mol. The van der Waals surface area contributed by atoms with Gasteiger partial charge >= 0.3 is 12.1 Å². The largest absolute Gasteiger partial charge is 0.479 e. The first-order valence-corrected chi connectivity index (χ1v) is 10.9. The third-order valence-electron chi connectivity index (χ3n) is 3.21. The lowest BCUT2D eigenvalue weighted by molar-refractivity contribution is -0.153. The summed E-state index contributed by atoms with van der Waals surface area (Å²) in [5.74, 6) is -1.16. The van der Waals surface area contributed by atoms with E-state index in [1.54, 1.807) is 20.8 Å². The van der Waals surface area contributed by atoms with Crippen LogP contribution >= 0.6 is 0 Å². The molecular formula is C17H33NO5Si. The minimum absolute atomic E-state index is 0.0324. The van der Waals surface area contributed by atoms with Crippen LogP contribution < -0.4 is 5.32 Å². The van der Waals surface area contributed by atoms with Crippen molar-refractivity contribution < 1.29 is 23.9 Å². The molecule has 0 aromatic rings. The summed E-state index contributed by atoms with van der Waals surface area (Å²) in [5, 5.41) is 12.5. The first-order chi connectivity index (χ1) is 10.7. The van der Waals surface area contributed by atoms with Crippen LogP contribution in [0.2, 0.25) is 13.1 Å². The summed E-state index contributed by atoms with van der Waals surface area (Å²) < 4.78 is 11.3. The Morgan fingerprint density at radius 2 is 1.71 bits per heavy atom. The number of hydrogen-bond acceptors (Lipinski definition) is 4. The molecule has 0 fully saturated rings. The van der Waals surface area contributed by atoms with Crippen molar-refractivity contribution in [3.8, 4) is 0 Å². The molecule has 0 radical (unpaired) electrons. The van der Waals surface area contributed by atoms with Gasteiger partial charge in [-0.05, 0) is 39.3 Å². The SMILES string of the molecule is C=CC[C@@](NC(=O)OC(C)(C)C)(C(=O)O)C(O[SiH](C)C)C(C)(C)C. The van der Waals surface area contributed by atoms with E-state index >= 15 is 0 Å². The second-order valence-electron chi connectivity index (χ2n) is 8.33. The second-order valence-corrected chi connectivity index (χ2v) is 10.7. The van der Waals surface area contributed by atoms with Crippen LogP contribution in [0.5, 0.6) is 0 Å². The molecule has 0 saturated carbocycles. The monoisotopic (exact) mass is 359 g/mol. The number of alkyl carbamates (subject to hydrolysis) is 1. The molecule has 0 aliphatic rings. The van der Waals surface area contributed by atoms with Gasteiger partial charge in [-0.1, -0.05) is 26.8 Å². The van der Waals surface area contributed by atoms with Gasteiger partial charge in [-0.25, -0.2) is 9.59 Å². The fraction of sp³-hybridized carbons (Fsp3) is 0.765. The van der Waals surface area contributed by atoms with E-state index in [9.17, 15) is 14.7 Å². The first-order valence-electron chi connectivity index (χ1n) is 8.16. The second kappa shape index (κ2) is 8.16. The van der Waals surface area contributed by atoms with Gasteiger partial charge in [0.05, 0.1) is 6.10 Å². The summed E-state index contributed by atoms with van der Waals surface area (Å²) in [4.78, 5) is 24.5. The van der Waals surface area contributed by atoms with Crippen molar-refractivity contribution in [3.05, 3.63) is 12.7 Å². The number of carbonyl (C=O) groups excluding carboxylic acids is 1. The summed E-state index contributed by atoms with van der Waals surface area (Å²) in [7, 11) is -1.57. The molecule has 0 heterocycles. The number of carboxylic acid groups (broad SMARTS) is 1. The van der Waals surface area contributed by atoms with Crippen molar-refractivity contribution >= 4 is 21.1 Å². The van der Waals surface area contributed by atoms with Gasteiger partial charge in [-0.15, -0.1) is 6.58 Å². The molecule has 0 aromatic carbocycles. The number of amides is 1. The smallest absolute Gasteiger partial charge is 0.408 e. The van der Waals surface area contributed by atoms with Crippen molar-refractivity contribution in [1.29, 1.82) is 0 Å². The quantitative estimate of drug-likeness (QED) is 0.538. The minimum atomic E-state index is -1.64. The maximum atomic E-state index is 12.3. The summed E-state index contributed by atoms with van der Waals surface area (Å²) in [6.07, 6.45) is 0.00909. The van der Waals surface area contributed by atoms with E-state index in [2.05, 4.69) is 11.9 Å². The molecule has 0 spiro atoms. The fourth-order valence-electron chi connectivity index (χ4n) is 2.52. The lowest BCUT2D eigenvalue weighted by Gasteiger charge is -2.45. The number of rotatable bonds is 7. The van der Waals surface area contributed by atoms with Gasteiger partial charge in [-0.3, -0.25) is 0 Å². The van der Waals surface area contributed by atoms with Crippen LogP contribution in [-0.4, -0.2) is 43.5 Å². The van der Waals surface area contributed by atoms with E-state index in [4.69, 9.17) is 9.16 Å². The third kappa shape index (κ3) is 6.65. The zero-order chi connectivity index (χ0) is 19.3. The standard InChI is InChI=1S/C17H33NO5Si/c1-10-11-17(13(19)20,18-14(21)22-16(5,6)7)12(15(2,3)4)23-24(8)9/h10,12,24H,1,11H2,2-9H3,(H,18,21)(H,19,20)/t12?,17-/m0/s1. The Labute approximate surface area is 147 Å². The highest BCUT2D eigenvalue weighted by Gasteiger charge is 2.52. The maximum Gasteiger partial charge on any atom is 0.408 e. The average Bonchev–Trinajstić information content (AvgIpc) is 2.31. The maximum absolute atomic E-state index is 12.3. The van der Waals surface area contributed by atoms with E-state index in [1.165, 1.54) is 6.08 Å². The van der Waals surface area contributed by atoms with E-state index in [-0.39, 0.29) is 6.42 Å². The van der Waals surface area contributed by atoms with Gasteiger partial charge in [0.15, 0.2) is 14.6 Å². The van der Waals surface area contributed by atoms with Gasteiger partial charge in [-0.2, -0.15) is 0 Å². The van der Waals surface area contributed by atoms with E-state index < -0.39 is 43.8 Å². The number of ether oxygens (including phenoxy) is 1. The number of nitrogens with one attached hydrogen (secondary N) is 1. The van der Waals surface area contributed by atoms with Crippen molar-refractivity contribution in [1.82, 2.24) is 5.32 Å². The predicted molar refractivity (Wildman–Crippen MR) is 97.8 cm³/mol. The molecule has 0 aliphatic heterocycles. The number of carboxylic acids is 1. The van der Waals surface area contributed by atoms with E-state index in [1.807, 2.05) is 33.9 Å². The molecule has 140 valence electrons. The minimum Gasteiger partial charge on any atom is -0.479 e. The van der Waals surface area contributed by atoms with Crippen LogP contribution in [-0.2, 0) is 14.0 Å². The van der Waals surface area contributed by atoms with Crippen molar-refractivity contribution in [2.24, 2.45) is 5.41 Å². The number of carbonyl (C=O) groups is 2. The Balaban J connectivity index is 5.96. The van der Waals surface area contributed by atoms with E-state index in [0.29, 0.717) is 0 Å². The topological polar surface area (TPSA) is 84.9 Å². The molecular weight excluding hydrogens is 326 g/mol. The molecule has 0 saturated heterocycles. The van der Waals surface area contributed by atoms with Crippen LogP contribution in [0.4, 0.5) is 4.79 Å². The first kappa shape index (κ1) is 22.7. The molecule has 0 rings (SSSR count). The fourth-order valence-corrected chi connectivity index (χ4v) is 3.71. The summed E-state index contributed by atoms with van der Waals surface area (Å²) >= 11 is 0.